The van der Waals surface area contributed by atoms with Crippen molar-refractivity contribution >= 4 is 33.5 Å². The highest BCUT2D eigenvalue weighted by Crippen LogP contribution is 2.32. The fourth-order valence-electron chi connectivity index (χ4n) is 6.41. The molecule has 0 aliphatic carbocycles. The molecular weight excluding hydrogens is 564 g/mol. The predicted octanol–water partition coefficient (Wildman–Crippen LogP) is 4.89. The summed E-state index contributed by atoms with van der Waals surface area (Å²) in [6.45, 7) is 1.83. The van der Waals surface area contributed by atoms with Crippen molar-refractivity contribution < 1.29 is 4.79 Å². The summed E-state index contributed by atoms with van der Waals surface area (Å²) in [4.78, 5) is 35.5. The van der Waals surface area contributed by atoms with Gasteiger partial charge in [0, 0.05) is 56.2 Å². The summed E-state index contributed by atoms with van der Waals surface area (Å²) in [5, 5.41) is 10.3. The van der Waals surface area contributed by atoms with Crippen LogP contribution in [0.2, 0.25) is 0 Å². The van der Waals surface area contributed by atoms with Gasteiger partial charge in [0.1, 0.15) is 0 Å². The number of primary amides is 1. The van der Waals surface area contributed by atoms with Gasteiger partial charge in [-0.3, -0.25) is 23.9 Å². The molecule has 6 aromatic rings. The summed E-state index contributed by atoms with van der Waals surface area (Å²) < 4.78 is 3.36. The lowest BCUT2D eigenvalue weighted by Gasteiger charge is -2.32. The number of aryl methyl sites for hydroxylation is 3. The van der Waals surface area contributed by atoms with Crippen molar-refractivity contribution in [3.8, 4) is 22.4 Å². The standard InChI is InChI=1S/C35H34N8O2/c1-41-31-12-8-24(19-32(31)42(2)35(41)45)27-5-3-4-23-18-30(38-21-28(23)27)25-7-10-26(37-20-25)9-6-22-14-16-43(17-15-22)33-13-11-29(34(36)44)39-40-33/h3-5,7-8,10-13,18-22H,6,9,14-17H2,1-2H3,(H2,36,44). The van der Waals surface area contributed by atoms with Gasteiger partial charge < -0.3 is 10.6 Å². The van der Waals surface area contributed by atoms with Gasteiger partial charge in [0.05, 0.1) is 16.7 Å². The summed E-state index contributed by atoms with van der Waals surface area (Å²) in [5.41, 5.74) is 12.3. The van der Waals surface area contributed by atoms with Crippen molar-refractivity contribution in [3.05, 3.63) is 101 Å². The minimum Gasteiger partial charge on any atom is -0.364 e. The molecule has 1 aliphatic heterocycles. The molecular formula is C35H34N8O2. The van der Waals surface area contributed by atoms with E-state index in [1.807, 2.05) is 24.5 Å². The zero-order valence-electron chi connectivity index (χ0n) is 25.3. The first-order chi connectivity index (χ1) is 21.9. The molecule has 0 radical (unpaired) electrons. The molecule has 0 atom stereocenters. The fourth-order valence-corrected chi connectivity index (χ4v) is 6.41. The van der Waals surface area contributed by atoms with Crippen LogP contribution >= 0.6 is 0 Å². The van der Waals surface area contributed by atoms with Crippen LogP contribution in [0.1, 0.15) is 35.4 Å². The minimum atomic E-state index is -0.564. The van der Waals surface area contributed by atoms with Crippen LogP contribution < -0.4 is 16.3 Å². The van der Waals surface area contributed by atoms with Crippen LogP contribution in [-0.2, 0) is 20.5 Å². The lowest BCUT2D eigenvalue weighted by atomic mass is 9.91. The number of benzene rings is 2. The Morgan fingerprint density at radius 3 is 2.40 bits per heavy atom. The number of anilines is 1. The highest BCUT2D eigenvalue weighted by atomic mass is 16.2. The van der Waals surface area contributed by atoms with Crippen molar-refractivity contribution in [3.63, 3.8) is 0 Å². The molecule has 4 aromatic heterocycles. The van der Waals surface area contributed by atoms with Gasteiger partial charge >= 0.3 is 5.69 Å². The van der Waals surface area contributed by atoms with Crippen LogP contribution in [0.3, 0.4) is 0 Å². The van der Waals surface area contributed by atoms with Gasteiger partial charge in [-0.05, 0) is 90.6 Å². The van der Waals surface area contributed by atoms with Crippen LogP contribution in [0.15, 0.2) is 83.9 Å². The van der Waals surface area contributed by atoms with Crippen molar-refractivity contribution in [2.45, 2.75) is 25.7 Å². The highest BCUT2D eigenvalue weighted by Gasteiger charge is 2.21. The zero-order chi connectivity index (χ0) is 31.1. The maximum Gasteiger partial charge on any atom is 0.328 e. The van der Waals surface area contributed by atoms with Crippen molar-refractivity contribution in [1.82, 2.24) is 29.3 Å². The van der Waals surface area contributed by atoms with E-state index in [9.17, 15) is 9.59 Å². The third kappa shape index (κ3) is 5.43. The average molecular weight is 599 g/mol. The first-order valence-corrected chi connectivity index (χ1v) is 15.2. The van der Waals surface area contributed by atoms with Crippen LogP contribution in [0.4, 0.5) is 5.82 Å². The van der Waals surface area contributed by atoms with Gasteiger partial charge in [0.15, 0.2) is 11.5 Å². The highest BCUT2D eigenvalue weighted by molar-refractivity contribution is 5.99. The Labute approximate surface area is 260 Å². The van der Waals surface area contributed by atoms with E-state index in [1.165, 1.54) is 0 Å². The second-order valence-corrected chi connectivity index (χ2v) is 11.8. The molecule has 1 amide bonds. The van der Waals surface area contributed by atoms with E-state index in [0.717, 1.165) is 94.5 Å². The molecule has 45 heavy (non-hydrogen) atoms. The van der Waals surface area contributed by atoms with E-state index in [4.69, 9.17) is 15.7 Å². The van der Waals surface area contributed by atoms with Gasteiger partial charge in [-0.2, -0.15) is 0 Å². The van der Waals surface area contributed by atoms with Crippen molar-refractivity contribution in [2.75, 3.05) is 18.0 Å². The summed E-state index contributed by atoms with van der Waals surface area (Å²) in [7, 11) is 3.61. The molecule has 2 N–H and O–H groups in total. The summed E-state index contributed by atoms with van der Waals surface area (Å²) >= 11 is 0. The van der Waals surface area contributed by atoms with E-state index in [1.54, 1.807) is 29.3 Å². The normalized spacial score (nSPS) is 14.0. The third-order valence-electron chi connectivity index (χ3n) is 9.12. The molecule has 0 bridgehead atoms. The Kier molecular flexibility index (Phi) is 7.32. The molecule has 5 heterocycles. The zero-order valence-corrected chi connectivity index (χ0v) is 25.3. The predicted molar refractivity (Wildman–Crippen MR) is 176 cm³/mol. The van der Waals surface area contributed by atoms with Crippen molar-refractivity contribution in [2.24, 2.45) is 25.7 Å². The van der Waals surface area contributed by atoms with Crippen molar-refractivity contribution in [1.29, 1.82) is 0 Å². The largest absolute Gasteiger partial charge is 0.364 e. The van der Waals surface area contributed by atoms with Gasteiger partial charge in [-0.15, -0.1) is 10.2 Å². The molecule has 7 rings (SSSR count). The van der Waals surface area contributed by atoms with E-state index < -0.39 is 5.91 Å². The number of aromatic nitrogens is 6. The number of amides is 1. The number of imidazole rings is 1. The number of carbonyl (C=O) groups is 1. The summed E-state index contributed by atoms with van der Waals surface area (Å²) in [6.07, 6.45) is 8.05. The fraction of sp³-hybridized carbons (Fsp3) is 0.257. The molecule has 10 heteroatoms. The number of hydrogen-bond acceptors (Lipinski definition) is 7. The van der Waals surface area contributed by atoms with Crippen LogP contribution in [0, 0.1) is 5.92 Å². The molecule has 0 saturated carbocycles. The molecule has 2 aromatic carbocycles. The monoisotopic (exact) mass is 598 g/mol. The molecule has 10 nitrogen and oxygen atoms in total. The number of fused-ring (bicyclic) bond motifs is 2. The number of nitrogens with two attached hydrogens (primary N) is 1. The Bertz CT molecular complexity index is 2090. The second-order valence-electron chi connectivity index (χ2n) is 11.8. The lowest BCUT2D eigenvalue weighted by Crippen LogP contribution is -2.34. The molecule has 1 aliphatic rings. The minimum absolute atomic E-state index is 0.0331. The maximum absolute atomic E-state index is 12.4. The second kappa shape index (κ2) is 11.6. The number of rotatable bonds is 7. The molecule has 0 unspecified atom stereocenters. The third-order valence-corrected chi connectivity index (χ3v) is 9.12. The molecule has 0 spiro atoms. The summed E-state index contributed by atoms with van der Waals surface area (Å²) in [6, 6.07) is 22.2. The van der Waals surface area contributed by atoms with E-state index in [2.05, 4.69) is 63.6 Å². The van der Waals surface area contributed by atoms with Gasteiger partial charge in [0.25, 0.3) is 5.91 Å². The van der Waals surface area contributed by atoms with E-state index in [0.29, 0.717) is 5.92 Å². The van der Waals surface area contributed by atoms with Crippen LogP contribution in [-0.4, -0.2) is 48.3 Å². The van der Waals surface area contributed by atoms with E-state index in [-0.39, 0.29) is 11.4 Å². The molecule has 226 valence electrons. The topological polar surface area (TPSA) is 125 Å². The Morgan fingerprint density at radius 2 is 1.67 bits per heavy atom. The van der Waals surface area contributed by atoms with E-state index >= 15 is 0 Å². The molecule has 1 fully saturated rings. The number of nitrogens with zero attached hydrogens (tertiary/aromatic N) is 7. The summed E-state index contributed by atoms with van der Waals surface area (Å²) in [5.74, 6) is 0.853. The maximum atomic E-state index is 12.4. The van der Waals surface area contributed by atoms with Crippen LogP contribution in [0.5, 0.6) is 0 Å². The first-order valence-electron chi connectivity index (χ1n) is 15.2. The average Bonchev–Trinajstić information content (AvgIpc) is 3.30. The van der Waals surface area contributed by atoms with Crippen LogP contribution in [0.25, 0.3) is 44.2 Å². The van der Waals surface area contributed by atoms with Gasteiger partial charge in [0.2, 0.25) is 0 Å². The smallest absolute Gasteiger partial charge is 0.328 e. The van der Waals surface area contributed by atoms with Gasteiger partial charge in [-0.1, -0.05) is 24.3 Å². The number of hydrogen-bond donors (Lipinski definition) is 1. The number of carbonyl (C=O) groups excluding carboxylic acids is 1. The number of piperidine rings is 1. The Morgan fingerprint density at radius 1 is 0.867 bits per heavy atom. The number of pyridine rings is 2. The lowest BCUT2D eigenvalue weighted by molar-refractivity contribution is 0.0994. The molecule has 1 saturated heterocycles. The quantitative estimate of drug-likeness (QED) is 0.277. The Balaban J connectivity index is 1.01. The SMILES string of the molecule is Cn1c(=O)n(C)c2cc(-c3cccc4cc(-c5ccc(CCC6CCN(c7ccc(C(N)=O)nn7)CC6)nc5)ncc34)ccc21. The Hall–Kier alpha value is -5.38. The first kappa shape index (κ1) is 28.4. The van der Waals surface area contributed by atoms with Gasteiger partial charge in [-0.25, -0.2) is 4.79 Å².